The van der Waals surface area contributed by atoms with Gasteiger partial charge < -0.3 is 10.4 Å². The maximum Gasteiger partial charge on any atom is 0.273 e. The Balaban J connectivity index is 1.61. The number of aliphatic hydroxyl groups is 1. The Morgan fingerprint density at radius 3 is 2.62 bits per heavy atom. The first-order valence-corrected chi connectivity index (χ1v) is 7.97. The third-order valence-electron chi connectivity index (χ3n) is 3.36. The molecule has 0 saturated carbocycles. The molecule has 8 heteroatoms. The minimum absolute atomic E-state index is 0.0859. The van der Waals surface area contributed by atoms with E-state index in [0.29, 0.717) is 0 Å². The third-order valence-corrected chi connectivity index (χ3v) is 3.89. The first-order chi connectivity index (χ1) is 11.6. The average Bonchev–Trinajstić information content (AvgIpc) is 3.11. The fourth-order valence-electron chi connectivity index (χ4n) is 2.07. The fourth-order valence-corrected chi connectivity index (χ4v) is 2.34. The van der Waals surface area contributed by atoms with Gasteiger partial charge in [0.1, 0.15) is 0 Å². The summed E-state index contributed by atoms with van der Waals surface area (Å²) in [5.74, 6) is -0.397. The Morgan fingerprint density at radius 2 is 1.92 bits per heavy atom. The van der Waals surface area contributed by atoms with Crippen LogP contribution in [0, 0.1) is 0 Å². The Labute approximate surface area is 146 Å². The summed E-state index contributed by atoms with van der Waals surface area (Å²) in [6, 6.07) is 10.8. The zero-order chi connectivity index (χ0) is 16.9. The number of amides is 1. The summed E-state index contributed by atoms with van der Waals surface area (Å²) in [7, 11) is 0. The number of aromatic nitrogens is 4. The van der Waals surface area contributed by atoms with Gasteiger partial charge >= 0.3 is 0 Å². The highest BCUT2D eigenvalue weighted by atomic mass is 79.9. The molecule has 0 fully saturated rings. The van der Waals surface area contributed by atoms with E-state index in [1.54, 1.807) is 36.7 Å². The van der Waals surface area contributed by atoms with Crippen molar-refractivity contribution in [3.63, 3.8) is 0 Å². The molecule has 7 nitrogen and oxygen atoms in total. The molecule has 1 atom stereocenters. The Bertz CT molecular complexity index is 820. The number of carbonyl (C=O) groups excluding carboxylic acids is 1. The number of aliphatic hydroxyl groups excluding tert-OH is 1. The van der Waals surface area contributed by atoms with Crippen LogP contribution in [0.25, 0.3) is 5.69 Å². The van der Waals surface area contributed by atoms with Crippen molar-refractivity contribution in [2.24, 2.45) is 0 Å². The Kier molecular flexibility index (Phi) is 4.97. The highest BCUT2D eigenvalue weighted by Gasteiger charge is 2.14. The lowest BCUT2D eigenvalue weighted by Crippen LogP contribution is -2.28. The van der Waals surface area contributed by atoms with Gasteiger partial charge in [0.15, 0.2) is 5.69 Å². The molecule has 1 amide bonds. The van der Waals surface area contributed by atoms with Crippen LogP contribution in [0.4, 0.5) is 0 Å². The lowest BCUT2D eigenvalue weighted by atomic mass is 10.1. The van der Waals surface area contributed by atoms with Crippen LogP contribution >= 0.6 is 15.9 Å². The number of rotatable bonds is 5. The predicted molar refractivity (Wildman–Crippen MR) is 90.6 cm³/mol. The number of benzene rings is 1. The van der Waals surface area contributed by atoms with E-state index in [1.165, 1.54) is 10.9 Å². The van der Waals surface area contributed by atoms with Gasteiger partial charge in [0.25, 0.3) is 5.91 Å². The number of halogens is 1. The Morgan fingerprint density at radius 1 is 1.21 bits per heavy atom. The van der Waals surface area contributed by atoms with Crippen molar-refractivity contribution in [2.45, 2.75) is 6.10 Å². The zero-order valence-corrected chi connectivity index (χ0v) is 14.1. The summed E-state index contributed by atoms with van der Waals surface area (Å²) in [5, 5.41) is 20.5. The van der Waals surface area contributed by atoms with Gasteiger partial charge in [-0.1, -0.05) is 33.3 Å². The van der Waals surface area contributed by atoms with E-state index in [1.807, 2.05) is 12.1 Å². The molecule has 0 aliphatic carbocycles. The monoisotopic (exact) mass is 387 g/mol. The largest absolute Gasteiger partial charge is 0.387 e. The molecule has 0 bridgehead atoms. The fraction of sp³-hybridized carbons (Fsp3) is 0.125. The highest BCUT2D eigenvalue weighted by Crippen LogP contribution is 2.16. The molecule has 0 radical (unpaired) electrons. The van der Waals surface area contributed by atoms with E-state index in [9.17, 15) is 9.90 Å². The van der Waals surface area contributed by atoms with Crippen LogP contribution in [-0.2, 0) is 0 Å². The first-order valence-electron chi connectivity index (χ1n) is 7.18. The molecule has 1 aromatic carbocycles. The van der Waals surface area contributed by atoms with Crippen LogP contribution in [0.15, 0.2) is 59.5 Å². The van der Waals surface area contributed by atoms with E-state index < -0.39 is 12.0 Å². The molecule has 122 valence electrons. The zero-order valence-electron chi connectivity index (χ0n) is 12.5. The number of nitrogens with zero attached hydrogens (tertiary/aromatic N) is 4. The minimum atomic E-state index is -0.794. The van der Waals surface area contributed by atoms with E-state index in [4.69, 9.17) is 0 Å². The van der Waals surface area contributed by atoms with Gasteiger partial charge in [-0.05, 0) is 29.8 Å². The number of nitrogens with one attached hydrogen (secondary N) is 1. The molecule has 2 aromatic heterocycles. The van der Waals surface area contributed by atoms with Gasteiger partial charge in [0, 0.05) is 23.4 Å². The highest BCUT2D eigenvalue weighted by molar-refractivity contribution is 9.10. The molecule has 0 saturated heterocycles. The van der Waals surface area contributed by atoms with Crippen LogP contribution < -0.4 is 5.32 Å². The lowest BCUT2D eigenvalue weighted by molar-refractivity contribution is 0.0911. The van der Waals surface area contributed by atoms with Crippen molar-refractivity contribution in [1.82, 2.24) is 25.3 Å². The summed E-state index contributed by atoms with van der Waals surface area (Å²) < 4.78 is 2.41. The standard InChI is InChI=1S/C16H14BrN5O2/c17-12-3-1-11(2-4-12)15(23)9-19-16(24)14-10-22(21-20-14)13-5-7-18-8-6-13/h1-8,10,15,23H,9H2,(H,19,24). The molecular weight excluding hydrogens is 374 g/mol. The first kappa shape index (κ1) is 16.3. The van der Waals surface area contributed by atoms with Crippen molar-refractivity contribution in [2.75, 3.05) is 6.54 Å². The molecule has 3 rings (SSSR count). The van der Waals surface area contributed by atoms with Crippen molar-refractivity contribution < 1.29 is 9.90 Å². The maximum absolute atomic E-state index is 12.1. The van der Waals surface area contributed by atoms with Crippen molar-refractivity contribution in [1.29, 1.82) is 0 Å². The van der Waals surface area contributed by atoms with E-state index in [0.717, 1.165) is 15.7 Å². The Hall–Kier alpha value is -2.58. The second-order valence-electron chi connectivity index (χ2n) is 5.03. The van der Waals surface area contributed by atoms with Crippen molar-refractivity contribution >= 4 is 21.8 Å². The molecule has 0 aliphatic rings. The topological polar surface area (TPSA) is 92.9 Å². The van der Waals surface area contributed by atoms with Gasteiger partial charge in [0.05, 0.1) is 18.0 Å². The quantitative estimate of drug-likeness (QED) is 0.697. The van der Waals surface area contributed by atoms with Crippen LogP contribution in [-0.4, -0.2) is 37.5 Å². The van der Waals surface area contributed by atoms with Crippen LogP contribution in [0.2, 0.25) is 0 Å². The molecule has 2 N–H and O–H groups in total. The van der Waals surface area contributed by atoms with Gasteiger partial charge in [-0.15, -0.1) is 5.10 Å². The van der Waals surface area contributed by atoms with Gasteiger partial charge in [-0.25, -0.2) is 4.68 Å². The molecule has 0 aliphatic heterocycles. The number of hydrogen-bond acceptors (Lipinski definition) is 5. The van der Waals surface area contributed by atoms with Crippen molar-refractivity contribution in [3.8, 4) is 5.69 Å². The molecule has 2 heterocycles. The molecule has 24 heavy (non-hydrogen) atoms. The number of hydrogen-bond donors (Lipinski definition) is 2. The maximum atomic E-state index is 12.1. The van der Waals surface area contributed by atoms with Crippen LogP contribution in [0.1, 0.15) is 22.2 Å². The SMILES string of the molecule is O=C(NCC(O)c1ccc(Br)cc1)c1cn(-c2ccncc2)nn1. The van der Waals surface area contributed by atoms with Crippen LogP contribution in [0.3, 0.4) is 0 Å². The average molecular weight is 388 g/mol. The van der Waals surface area contributed by atoms with Crippen LogP contribution in [0.5, 0.6) is 0 Å². The number of carbonyl (C=O) groups is 1. The third kappa shape index (κ3) is 3.84. The summed E-state index contributed by atoms with van der Waals surface area (Å²) in [6.07, 6.45) is 3.99. The van der Waals surface area contributed by atoms with E-state index in [2.05, 4.69) is 36.5 Å². The normalized spacial score (nSPS) is 11.9. The van der Waals surface area contributed by atoms with E-state index >= 15 is 0 Å². The van der Waals surface area contributed by atoms with Gasteiger partial charge in [-0.3, -0.25) is 9.78 Å². The molecule has 0 spiro atoms. The number of pyridine rings is 1. The molecular formula is C16H14BrN5O2. The summed E-state index contributed by atoms with van der Waals surface area (Å²) in [6.45, 7) is 0.0859. The predicted octanol–water partition coefficient (Wildman–Crippen LogP) is 1.89. The second-order valence-corrected chi connectivity index (χ2v) is 5.95. The van der Waals surface area contributed by atoms with Crippen molar-refractivity contribution in [3.05, 3.63) is 70.7 Å². The summed E-state index contributed by atoms with van der Waals surface area (Å²) in [4.78, 5) is 16.0. The van der Waals surface area contributed by atoms with E-state index in [-0.39, 0.29) is 12.2 Å². The van der Waals surface area contributed by atoms with Gasteiger partial charge in [-0.2, -0.15) is 0 Å². The molecule has 3 aromatic rings. The summed E-state index contributed by atoms with van der Waals surface area (Å²) >= 11 is 3.34. The lowest BCUT2D eigenvalue weighted by Gasteiger charge is -2.11. The summed E-state index contributed by atoms with van der Waals surface area (Å²) in [5.41, 5.74) is 1.65. The van der Waals surface area contributed by atoms with Gasteiger partial charge in [0.2, 0.25) is 0 Å². The second kappa shape index (κ2) is 7.33. The smallest absolute Gasteiger partial charge is 0.273 e. The minimum Gasteiger partial charge on any atom is -0.387 e. The molecule has 1 unspecified atom stereocenters.